The predicted molar refractivity (Wildman–Crippen MR) is 75.8 cm³/mol. The summed E-state index contributed by atoms with van der Waals surface area (Å²) >= 11 is 0. The average molecular weight is 274 g/mol. The Bertz CT molecular complexity index is 573. The molecule has 1 N–H and O–H groups in total. The molecule has 20 heavy (non-hydrogen) atoms. The maximum Gasteiger partial charge on any atom is 0.224 e. The summed E-state index contributed by atoms with van der Waals surface area (Å²) in [7, 11) is 0. The first-order chi connectivity index (χ1) is 9.78. The van der Waals surface area contributed by atoms with Crippen LogP contribution in [0.1, 0.15) is 6.92 Å². The van der Waals surface area contributed by atoms with Gasteiger partial charge in [-0.25, -0.2) is 4.68 Å². The fraction of sp³-hybridized carbons (Fsp3) is 0.429. The lowest BCUT2D eigenvalue weighted by molar-refractivity contribution is 0.121. The minimum atomic E-state index is 0.247. The van der Waals surface area contributed by atoms with Crippen LogP contribution >= 0.6 is 0 Å². The third kappa shape index (κ3) is 2.46. The van der Waals surface area contributed by atoms with E-state index in [4.69, 9.17) is 4.74 Å². The van der Waals surface area contributed by atoms with Crippen LogP contribution in [0.25, 0.3) is 11.4 Å². The molecule has 1 aromatic carbocycles. The van der Waals surface area contributed by atoms with Crippen LogP contribution < -0.4 is 4.90 Å². The summed E-state index contributed by atoms with van der Waals surface area (Å²) in [5.74, 6) is 1.82. The fourth-order valence-electron chi connectivity index (χ4n) is 2.28. The summed E-state index contributed by atoms with van der Waals surface area (Å²) in [6.45, 7) is 5.97. The number of phenolic OH excluding ortho intramolecular Hbond substituents is 1. The summed E-state index contributed by atoms with van der Waals surface area (Å²) in [5, 5.41) is 13.9. The van der Waals surface area contributed by atoms with Gasteiger partial charge in [0.15, 0.2) is 5.82 Å². The number of hydrogen-bond donors (Lipinski definition) is 1. The van der Waals surface area contributed by atoms with Crippen molar-refractivity contribution in [2.24, 2.45) is 0 Å². The minimum absolute atomic E-state index is 0.247. The Balaban J connectivity index is 1.93. The Kier molecular flexibility index (Phi) is 3.56. The van der Waals surface area contributed by atoms with Gasteiger partial charge in [0.25, 0.3) is 0 Å². The van der Waals surface area contributed by atoms with E-state index in [1.807, 2.05) is 16.8 Å². The van der Waals surface area contributed by atoms with Gasteiger partial charge in [0.2, 0.25) is 5.95 Å². The molecule has 0 bridgehead atoms. The lowest BCUT2D eigenvalue weighted by Gasteiger charge is -2.27. The molecule has 2 aromatic rings. The molecule has 0 radical (unpaired) electrons. The minimum Gasteiger partial charge on any atom is -0.508 e. The van der Waals surface area contributed by atoms with E-state index in [2.05, 4.69) is 21.9 Å². The highest BCUT2D eigenvalue weighted by Gasteiger charge is 2.19. The fourth-order valence-corrected chi connectivity index (χ4v) is 2.28. The van der Waals surface area contributed by atoms with E-state index in [0.29, 0.717) is 5.82 Å². The Morgan fingerprint density at radius 1 is 1.20 bits per heavy atom. The van der Waals surface area contributed by atoms with Gasteiger partial charge in [-0.1, -0.05) is 0 Å². The predicted octanol–water partition coefficient (Wildman–Crippen LogP) is 1.51. The Morgan fingerprint density at radius 2 is 1.90 bits per heavy atom. The van der Waals surface area contributed by atoms with Crippen molar-refractivity contribution < 1.29 is 9.84 Å². The number of anilines is 1. The molecule has 1 saturated heterocycles. The highest BCUT2D eigenvalue weighted by molar-refractivity contribution is 5.57. The quantitative estimate of drug-likeness (QED) is 0.919. The van der Waals surface area contributed by atoms with Gasteiger partial charge in [-0.05, 0) is 31.2 Å². The Morgan fingerprint density at radius 3 is 2.55 bits per heavy atom. The average Bonchev–Trinajstić information content (AvgIpc) is 2.93. The number of hydrogen-bond acceptors (Lipinski definition) is 5. The maximum atomic E-state index is 9.35. The summed E-state index contributed by atoms with van der Waals surface area (Å²) in [5.41, 5.74) is 0.907. The van der Waals surface area contributed by atoms with Gasteiger partial charge in [-0.15, -0.1) is 5.10 Å². The number of aromatic hydroxyl groups is 1. The molecular weight excluding hydrogens is 256 g/mol. The highest BCUT2D eigenvalue weighted by atomic mass is 16.5. The van der Waals surface area contributed by atoms with Crippen LogP contribution in [0.2, 0.25) is 0 Å². The van der Waals surface area contributed by atoms with E-state index in [0.717, 1.165) is 44.4 Å². The van der Waals surface area contributed by atoms with Gasteiger partial charge in [0.05, 0.1) is 13.2 Å². The van der Waals surface area contributed by atoms with Crippen molar-refractivity contribution in [3.05, 3.63) is 24.3 Å². The smallest absolute Gasteiger partial charge is 0.224 e. The number of morpholine rings is 1. The molecular formula is C14H18N4O2. The standard InChI is InChI=1S/C14H18N4O2/c1-2-18-14(17-7-9-20-10-8-17)15-13(16-18)11-3-5-12(19)6-4-11/h3-6,19H,2,7-10H2,1H3. The van der Waals surface area contributed by atoms with E-state index >= 15 is 0 Å². The van der Waals surface area contributed by atoms with Crippen molar-refractivity contribution in [3.63, 3.8) is 0 Å². The van der Waals surface area contributed by atoms with E-state index < -0.39 is 0 Å². The molecule has 106 valence electrons. The number of aryl methyl sites for hydroxylation is 1. The number of benzene rings is 1. The lowest BCUT2D eigenvalue weighted by Crippen LogP contribution is -2.38. The van der Waals surface area contributed by atoms with Crippen molar-refractivity contribution in [2.45, 2.75) is 13.5 Å². The zero-order valence-corrected chi connectivity index (χ0v) is 11.5. The van der Waals surface area contributed by atoms with Crippen LogP contribution in [-0.4, -0.2) is 46.2 Å². The third-order valence-electron chi connectivity index (χ3n) is 3.37. The first-order valence-corrected chi connectivity index (χ1v) is 6.85. The Hall–Kier alpha value is -2.08. The van der Waals surface area contributed by atoms with Gasteiger partial charge in [-0.3, -0.25) is 0 Å². The molecule has 1 aliphatic rings. The molecule has 0 amide bonds. The first kappa shape index (κ1) is 12.9. The molecule has 6 heteroatoms. The monoisotopic (exact) mass is 274 g/mol. The van der Waals surface area contributed by atoms with E-state index in [9.17, 15) is 5.11 Å². The van der Waals surface area contributed by atoms with Crippen LogP contribution in [0, 0.1) is 0 Å². The lowest BCUT2D eigenvalue weighted by atomic mass is 10.2. The second-order valence-corrected chi connectivity index (χ2v) is 4.70. The zero-order valence-electron chi connectivity index (χ0n) is 11.5. The highest BCUT2D eigenvalue weighted by Crippen LogP contribution is 2.22. The molecule has 3 rings (SSSR count). The van der Waals surface area contributed by atoms with Crippen LogP contribution in [0.3, 0.4) is 0 Å². The van der Waals surface area contributed by atoms with Crippen LogP contribution in [-0.2, 0) is 11.3 Å². The zero-order chi connectivity index (χ0) is 13.9. The largest absolute Gasteiger partial charge is 0.508 e. The molecule has 2 heterocycles. The van der Waals surface area contributed by atoms with Crippen LogP contribution in [0.4, 0.5) is 5.95 Å². The molecule has 1 fully saturated rings. The summed E-state index contributed by atoms with van der Waals surface area (Å²) in [6, 6.07) is 6.95. The normalized spacial score (nSPS) is 15.6. The van der Waals surface area contributed by atoms with Gasteiger partial charge in [0, 0.05) is 25.2 Å². The van der Waals surface area contributed by atoms with Crippen molar-refractivity contribution in [3.8, 4) is 17.1 Å². The van der Waals surface area contributed by atoms with Gasteiger partial charge in [0.1, 0.15) is 5.75 Å². The van der Waals surface area contributed by atoms with Crippen molar-refractivity contribution in [1.29, 1.82) is 0 Å². The number of phenols is 1. The molecule has 0 spiro atoms. The van der Waals surface area contributed by atoms with Gasteiger partial charge >= 0.3 is 0 Å². The molecule has 6 nitrogen and oxygen atoms in total. The number of ether oxygens (including phenoxy) is 1. The molecule has 0 atom stereocenters. The second-order valence-electron chi connectivity index (χ2n) is 4.70. The summed E-state index contributed by atoms with van der Waals surface area (Å²) in [6.07, 6.45) is 0. The van der Waals surface area contributed by atoms with Crippen molar-refractivity contribution in [2.75, 3.05) is 31.2 Å². The number of aromatic nitrogens is 3. The van der Waals surface area contributed by atoms with Gasteiger partial charge < -0.3 is 14.7 Å². The van der Waals surface area contributed by atoms with E-state index in [1.165, 1.54) is 0 Å². The Labute approximate surface area is 117 Å². The summed E-state index contributed by atoms with van der Waals surface area (Å²) in [4.78, 5) is 6.84. The number of rotatable bonds is 3. The van der Waals surface area contributed by atoms with Crippen LogP contribution in [0.15, 0.2) is 24.3 Å². The SMILES string of the molecule is CCn1nc(-c2ccc(O)cc2)nc1N1CCOCC1. The third-order valence-corrected chi connectivity index (χ3v) is 3.37. The van der Waals surface area contributed by atoms with Crippen molar-refractivity contribution >= 4 is 5.95 Å². The van der Waals surface area contributed by atoms with E-state index in [1.54, 1.807) is 12.1 Å². The van der Waals surface area contributed by atoms with Crippen molar-refractivity contribution in [1.82, 2.24) is 14.8 Å². The molecule has 0 saturated carbocycles. The number of nitrogens with zero attached hydrogens (tertiary/aromatic N) is 4. The second kappa shape index (κ2) is 5.50. The first-order valence-electron chi connectivity index (χ1n) is 6.85. The van der Waals surface area contributed by atoms with E-state index in [-0.39, 0.29) is 5.75 Å². The topological polar surface area (TPSA) is 63.4 Å². The molecule has 1 aliphatic heterocycles. The maximum absolute atomic E-state index is 9.35. The molecule has 0 unspecified atom stereocenters. The molecule has 0 aliphatic carbocycles. The molecule has 1 aromatic heterocycles. The van der Waals surface area contributed by atoms with Gasteiger partial charge in [-0.2, -0.15) is 4.98 Å². The van der Waals surface area contributed by atoms with Crippen LogP contribution in [0.5, 0.6) is 5.75 Å². The summed E-state index contributed by atoms with van der Waals surface area (Å²) < 4.78 is 7.28.